The fourth-order valence-electron chi connectivity index (χ4n) is 2.24. The number of halogens is 1. The Balaban J connectivity index is 1.89. The fraction of sp³-hybridized carbons (Fsp3) is 0.438. The number of piperazine rings is 1. The zero-order valence-corrected chi connectivity index (χ0v) is 12.6. The minimum absolute atomic E-state index is 0.0871. The number of hydrogen-bond acceptors (Lipinski definition) is 2. The monoisotopic (exact) mass is 291 g/mol. The lowest BCUT2D eigenvalue weighted by Crippen LogP contribution is -2.51. The van der Waals surface area contributed by atoms with Gasteiger partial charge in [-0.1, -0.05) is 24.6 Å². The molecule has 114 valence electrons. The van der Waals surface area contributed by atoms with E-state index in [2.05, 4.69) is 5.32 Å². The molecule has 1 aliphatic rings. The van der Waals surface area contributed by atoms with Crippen LogP contribution in [0.15, 0.2) is 36.0 Å². The van der Waals surface area contributed by atoms with Crippen LogP contribution in [0, 0.1) is 5.82 Å². The van der Waals surface area contributed by atoms with Crippen LogP contribution in [0.1, 0.15) is 20.3 Å². The van der Waals surface area contributed by atoms with Gasteiger partial charge in [-0.3, -0.25) is 0 Å². The summed E-state index contributed by atoms with van der Waals surface area (Å²) in [5, 5.41) is 2.80. The smallest absolute Gasteiger partial charge is 0.321 e. The molecule has 1 fully saturated rings. The number of amides is 2. The van der Waals surface area contributed by atoms with E-state index < -0.39 is 0 Å². The van der Waals surface area contributed by atoms with Gasteiger partial charge in [0.25, 0.3) is 0 Å². The number of nitrogens with one attached hydrogen (secondary N) is 1. The van der Waals surface area contributed by atoms with Crippen LogP contribution in [-0.4, -0.2) is 37.1 Å². The van der Waals surface area contributed by atoms with Crippen molar-refractivity contribution in [3.63, 3.8) is 0 Å². The maximum absolute atomic E-state index is 13.7. The molecule has 0 saturated carbocycles. The van der Waals surface area contributed by atoms with E-state index in [1.165, 1.54) is 6.07 Å². The van der Waals surface area contributed by atoms with Crippen molar-refractivity contribution in [1.82, 2.24) is 10.2 Å². The molecule has 0 atom stereocenters. The molecular weight excluding hydrogens is 269 g/mol. The standard InChI is InChI=1S/C16H22FN3O/c1-3-13(2)12-18-16(21)20-10-8-19(9-11-20)15-7-5-4-6-14(15)17/h4-7,12H,3,8-11H2,1-2H3,(H,18,21)/b13-12+. The summed E-state index contributed by atoms with van der Waals surface area (Å²) in [4.78, 5) is 15.7. The van der Waals surface area contributed by atoms with Crippen molar-refractivity contribution in [3.05, 3.63) is 41.9 Å². The van der Waals surface area contributed by atoms with Crippen LogP contribution in [0.3, 0.4) is 0 Å². The predicted octanol–water partition coefficient (Wildman–Crippen LogP) is 2.97. The van der Waals surface area contributed by atoms with Crippen molar-refractivity contribution < 1.29 is 9.18 Å². The van der Waals surface area contributed by atoms with Gasteiger partial charge in [0, 0.05) is 32.4 Å². The average molecular weight is 291 g/mol. The molecule has 1 saturated heterocycles. The van der Waals surface area contributed by atoms with Gasteiger partial charge in [-0.2, -0.15) is 0 Å². The van der Waals surface area contributed by atoms with Crippen LogP contribution < -0.4 is 10.2 Å². The summed E-state index contributed by atoms with van der Waals surface area (Å²) >= 11 is 0. The summed E-state index contributed by atoms with van der Waals surface area (Å²) in [6.07, 6.45) is 2.67. The first-order chi connectivity index (χ1) is 10.1. The van der Waals surface area contributed by atoms with Crippen LogP contribution in [0.4, 0.5) is 14.9 Å². The molecule has 0 aromatic heterocycles. The van der Waals surface area contributed by atoms with Crippen molar-refractivity contribution in [2.45, 2.75) is 20.3 Å². The van der Waals surface area contributed by atoms with Crippen molar-refractivity contribution in [2.24, 2.45) is 0 Å². The number of carbonyl (C=O) groups is 1. The van der Waals surface area contributed by atoms with Crippen molar-refractivity contribution in [1.29, 1.82) is 0 Å². The van der Waals surface area contributed by atoms with E-state index in [9.17, 15) is 9.18 Å². The van der Waals surface area contributed by atoms with Crippen molar-refractivity contribution in [2.75, 3.05) is 31.1 Å². The highest BCUT2D eigenvalue weighted by Gasteiger charge is 2.22. The van der Waals surface area contributed by atoms with Crippen LogP contribution in [0.25, 0.3) is 0 Å². The van der Waals surface area contributed by atoms with E-state index >= 15 is 0 Å². The summed E-state index contributed by atoms with van der Waals surface area (Å²) in [6.45, 7) is 6.51. The van der Waals surface area contributed by atoms with Gasteiger partial charge in [0.05, 0.1) is 5.69 Å². The number of benzene rings is 1. The fourth-order valence-corrected chi connectivity index (χ4v) is 2.24. The summed E-state index contributed by atoms with van der Waals surface area (Å²) in [5.41, 5.74) is 1.74. The van der Waals surface area contributed by atoms with Gasteiger partial charge in [0.2, 0.25) is 0 Å². The second-order valence-corrected chi connectivity index (χ2v) is 5.22. The molecule has 1 aliphatic heterocycles. The summed E-state index contributed by atoms with van der Waals surface area (Å²) in [7, 11) is 0. The van der Waals surface area contributed by atoms with Crippen LogP contribution in [0.2, 0.25) is 0 Å². The van der Waals surface area contributed by atoms with E-state index in [1.807, 2.05) is 24.8 Å². The largest absolute Gasteiger partial charge is 0.366 e. The Hall–Kier alpha value is -2.04. The van der Waals surface area contributed by atoms with Crippen LogP contribution in [-0.2, 0) is 0 Å². The maximum atomic E-state index is 13.7. The third-order valence-electron chi connectivity index (χ3n) is 3.76. The normalized spacial score (nSPS) is 16.0. The molecule has 5 heteroatoms. The molecule has 21 heavy (non-hydrogen) atoms. The second kappa shape index (κ2) is 7.11. The first kappa shape index (κ1) is 15.4. The molecule has 0 unspecified atom stereocenters. The van der Waals surface area contributed by atoms with Gasteiger partial charge < -0.3 is 15.1 Å². The maximum Gasteiger partial charge on any atom is 0.321 e. The quantitative estimate of drug-likeness (QED) is 0.929. The number of hydrogen-bond donors (Lipinski definition) is 1. The highest BCUT2D eigenvalue weighted by Crippen LogP contribution is 2.20. The molecule has 0 radical (unpaired) electrons. The third kappa shape index (κ3) is 3.97. The molecule has 1 aromatic rings. The first-order valence-corrected chi connectivity index (χ1v) is 7.32. The Morgan fingerprint density at radius 2 is 1.95 bits per heavy atom. The number of urea groups is 1. The second-order valence-electron chi connectivity index (χ2n) is 5.22. The minimum Gasteiger partial charge on any atom is -0.366 e. The molecule has 2 rings (SSSR count). The Kier molecular flexibility index (Phi) is 5.20. The number of allylic oxidation sites excluding steroid dienone is 1. The Bertz CT molecular complexity index is 522. The molecule has 1 heterocycles. The number of anilines is 1. The molecule has 4 nitrogen and oxygen atoms in total. The minimum atomic E-state index is -0.211. The van der Waals surface area contributed by atoms with Gasteiger partial charge >= 0.3 is 6.03 Å². The summed E-state index contributed by atoms with van der Waals surface area (Å²) < 4.78 is 13.7. The lowest BCUT2D eigenvalue weighted by Gasteiger charge is -2.36. The SMILES string of the molecule is CC/C(C)=C/NC(=O)N1CCN(c2ccccc2F)CC1. The topological polar surface area (TPSA) is 35.6 Å². The van der Waals surface area contributed by atoms with E-state index in [4.69, 9.17) is 0 Å². The number of para-hydroxylation sites is 1. The summed E-state index contributed by atoms with van der Waals surface area (Å²) in [5.74, 6) is -0.211. The van der Waals surface area contributed by atoms with Crippen molar-refractivity contribution in [3.8, 4) is 0 Å². The number of carbonyl (C=O) groups excluding carboxylic acids is 1. The van der Waals surface area contributed by atoms with Gasteiger partial charge in [0.1, 0.15) is 5.82 Å². The molecule has 0 spiro atoms. The molecule has 0 bridgehead atoms. The lowest BCUT2D eigenvalue weighted by molar-refractivity contribution is 0.198. The molecular formula is C16H22FN3O. The van der Waals surface area contributed by atoms with E-state index in [0.29, 0.717) is 31.9 Å². The molecule has 1 N–H and O–H groups in total. The predicted molar refractivity (Wildman–Crippen MR) is 82.8 cm³/mol. The highest BCUT2D eigenvalue weighted by molar-refractivity contribution is 5.75. The van der Waals surface area contributed by atoms with Crippen LogP contribution >= 0.6 is 0 Å². The highest BCUT2D eigenvalue weighted by atomic mass is 19.1. The Morgan fingerprint density at radius 1 is 1.29 bits per heavy atom. The van der Waals surface area contributed by atoms with Crippen molar-refractivity contribution >= 4 is 11.7 Å². The third-order valence-corrected chi connectivity index (χ3v) is 3.76. The zero-order valence-electron chi connectivity index (χ0n) is 12.6. The van der Waals surface area contributed by atoms with Crippen LogP contribution in [0.5, 0.6) is 0 Å². The number of rotatable bonds is 3. The zero-order chi connectivity index (χ0) is 15.2. The van der Waals surface area contributed by atoms with Gasteiger partial charge in [0.15, 0.2) is 0 Å². The Labute approximate surface area is 125 Å². The van der Waals surface area contributed by atoms with E-state index in [1.54, 1.807) is 23.2 Å². The van der Waals surface area contributed by atoms with Gasteiger partial charge in [-0.15, -0.1) is 0 Å². The van der Waals surface area contributed by atoms with E-state index in [-0.39, 0.29) is 11.8 Å². The molecule has 2 amide bonds. The van der Waals surface area contributed by atoms with Gasteiger partial charge in [-0.05, 0) is 25.5 Å². The number of nitrogens with zero attached hydrogens (tertiary/aromatic N) is 2. The van der Waals surface area contributed by atoms with E-state index in [0.717, 1.165) is 12.0 Å². The first-order valence-electron chi connectivity index (χ1n) is 7.32. The Morgan fingerprint density at radius 3 is 2.57 bits per heavy atom. The van der Waals surface area contributed by atoms with Gasteiger partial charge in [-0.25, -0.2) is 9.18 Å². The molecule has 1 aromatic carbocycles. The lowest BCUT2D eigenvalue weighted by atomic mass is 10.2. The average Bonchev–Trinajstić information content (AvgIpc) is 2.53. The summed E-state index contributed by atoms with van der Waals surface area (Å²) in [6, 6.07) is 6.67. The molecule has 0 aliphatic carbocycles.